The molecule has 1 N–H and O–H groups in total. The molecular formula is C9H9N3O3S. The van der Waals surface area contributed by atoms with Gasteiger partial charge in [-0.3, -0.25) is 4.79 Å². The Hall–Kier alpha value is -1.76. The maximum atomic E-state index is 11.6. The molecule has 0 saturated carbocycles. The summed E-state index contributed by atoms with van der Waals surface area (Å²) in [6.45, 7) is 1.64. The number of aromatic amines is 1. The van der Waals surface area contributed by atoms with Crippen LogP contribution >= 0.6 is 0 Å². The molecule has 6 nitrogen and oxygen atoms in total. The first-order valence-electron chi connectivity index (χ1n) is 4.44. The summed E-state index contributed by atoms with van der Waals surface area (Å²) in [7, 11) is -3.41. The number of nitrogens with one attached hydrogen (secondary N) is 1. The first-order valence-corrected chi connectivity index (χ1v) is 6.34. The molecule has 0 aliphatic rings. The summed E-state index contributed by atoms with van der Waals surface area (Å²) >= 11 is 0. The van der Waals surface area contributed by atoms with Crippen molar-refractivity contribution >= 4 is 20.7 Å². The number of aryl methyl sites for hydroxylation is 1. The van der Waals surface area contributed by atoms with Crippen molar-refractivity contribution in [2.45, 2.75) is 11.9 Å². The second-order valence-electron chi connectivity index (χ2n) is 3.46. The smallest absolute Gasteiger partial charge is 0.258 e. The quantitative estimate of drug-likeness (QED) is 0.757. The third-order valence-electron chi connectivity index (χ3n) is 2.06. The molecule has 0 atom stereocenters. The Morgan fingerprint density at radius 1 is 1.38 bits per heavy atom. The number of aromatic nitrogens is 3. The summed E-state index contributed by atoms with van der Waals surface area (Å²) in [6.07, 6.45) is 2.32. The van der Waals surface area contributed by atoms with Crippen molar-refractivity contribution in [2.75, 3.05) is 6.26 Å². The molecular weight excluding hydrogens is 230 g/mol. The zero-order valence-corrected chi connectivity index (χ0v) is 9.50. The number of pyridine rings is 1. The molecule has 0 fully saturated rings. The van der Waals surface area contributed by atoms with Gasteiger partial charge in [-0.25, -0.2) is 18.4 Å². The number of nitrogens with zero attached hydrogens (tertiary/aromatic N) is 2. The first kappa shape index (κ1) is 10.7. The molecule has 0 bridgehead atoms. The van der Waals surface area contributed by atoms with Crippen molar-refractivity contribution < 1.29 is 8.42 Å². The van der Waals surface area contributed by atoms with E-state index in [9.17, 15) is 13.2 Å². The standard InChI is InChI=1S/C9H9N3O3S/c1-5-11-7-4-10-8(16(2,14)15)3-6(7)9(13)12-5/h3-4H,1-2H3,(H,11,12,13). The molecule has 0 amide bonds. The summed E-state index contributed by atoms with van der Waals surface area (Å²) < 4.78 is 22.5. The number of sulfone groups is 1. The van der Waals surface area contributed by atoms with E-state index in [-0.39, 0.29) is 16.0 Å². The molecule has 84 valence electrons. The number of hydrogen-bond acceptors (Lipinski definition) is 5. The zero-order chi connectivity index (χ0) is 11.9. The fourth-order valence-electron chi connectivity index (χ4n) is 1.34. The second-order valence-corrected chi connectivity index (χ2v) is 5.43. The van der Waals surface area contributed by atoms with Gasteiger partial charge in [0.1, 0.15) is 5.82 Å². The molecule has 0 saturated heterocycles. The maximum absolute atomic E-state index is 11.6. The minimum atomic E-state index is -3.41. The van der Waals surface area contributed by atoms with Gasteiger partial charge in [-0.15, -0.1) is 0 Å². The van der Waals surface area contributed by atoms with Gasteiger partial charge in [0.05, 0.1) is 17.1 Å². The predicted octanol–water partition coefficient (Wildman–Crippen LogP) is 0.0300. The molecule has 0 aromatic carbocycles. The molecule has 0 radical (unpaired) electrons. The van der Waals surface area contributed by atoms with Crippen LogP contribution in [0.25, 0.3) is 10.9 Å². The van der Waals surface area contributed by atoms with E-state index in [4.69, 9.17) is 0 Å². The summed E-state index contributed by atoms with van der Waals surface area (Å²) in [5.74, 6) is 0.464. The van der Waals surface area contributed by atoms with Crippen LogP contribution in [0.15, 0.2) is 22.1 Å². The SMILES string of the molecule is Cc1nc2cnc(S(C)(=O)=O)cc2c(=O)[nH]1. The normalized spacial score (nSPS) is 11.9. The van der Waals surface area contributed by atoms with Crippen LogP contribution in [0.3, 0.4) is 0 Å². The van der Waals surface area contributed by atoms with Crippen LogP contribution in [0.4, 0.5) is 0 Å². The van der Waals surface area contributed by atoms with Gasteiger partial charge in [-0.1, -0.05) is 0 Å². The van der Waals surface area contributed by atoms with E-state index < -0.39 is 9.84 Å². The fourth-order valence-corrected chi connectivity index (χ4v) is 1.92. The lowest BCUT2D eigenvalue weighted by Gasteiger charge is -2.00. The molecule has 0 spiro atoms. The highest BCUT2D eigenvalue weighted by atomic mass is 32.2. The van der Waals surface area contributed by atoms with E-state index in [0.29, 0.717) is 11.3 Å². The summed E-state index contributed by atoms with van der Waals surface area (Å²) in [6, 6.07) is 1.23. The second kappa shape index (κ2) is 3.38. The van der Waals surface area contributed by atoms with Crippen LogP contribution in [0, 0.1) is 6.92 Å². The zero-order valence-electron chi connectivity index (χ0n) is 8.68. The highest BCUT2D eigenvalue weighted by molar-refractivity contribution is 7.90. The van der Waals surface area contributed by atoms with Crippen LogP contribution in [0.5, 0.6) is 0 Å². The van der Waals surface area contributed by atoms with E-state index in [1.165, 1.54) is 12.3 Å². The molecule has 0 aliphatic carbocycles. The molecule has 0 unspecified atom stereocenters. The van der Waals surface area contributed by atoms with Crippen molar-refractivity contribution in [1.82, 2.24) is 15.0 Å². The lowest BCUT2D eigenvalue weighted by Crippen LogP contribution is -2.11. The predicted molar refractivity (Wildman–Crippen MR) is 58.0 cm³/mol. The van der Waals surface area contributed by atoms with Gasteiger partial charge in [0.15, 0.2) is 14.9 Å². The Kier molecular flexibility index (Phi) is 2.27. The van der Waals surface area contributed by atoms with E-state index in [1.54, 1.807) is 6.92 Å². The number of H-pyrrole nitrogens is 1. The molecule has 0 aliphatic heterocycles. The highest BCUT2D eigenvalue weighted by Crippen LogP contribution is 2.11. The van der Waals surface area contributed by atoms with Gasteiger partial charge in [-0.05, 0) is 13.0 Å². The lowest BCUT2D eigenvalue weighted by molar-refractivity contribution is 0.598. The number of fused-ring (bicyclic) bond motifs is 1. The third kappa shape index (κ3) is 1.81. The Morgan fingerprint density at radius 2 is 2.06 bits per heavy atom. The number of hydrogen-bond donors (Lipinski definition) is 1. The van der Waals surface area contributed by atoms with Crippen molar-refractivity contribution in [2.24, 2.45) is 0 Å². The monoisotopic (exact) mass is 239 g/mol. The van der Waals surface area contributed by atoms with Crippen LogP contribution in [0.2, 0.25) is 0 Å². The van der Waals surface area contributed by atoms with Crippen molar-refractivity contribution in [3.05, 3.63) is 28.4 Å². The van der Waals surface area contributed by atoms with Gasteiger partial charge < -0.3 is 4.98 Å². The van der Waals surface area contributed by atoms with E-state index in [2.05, 4.69) is 15.0 Å². The lowest BCUT2D eigenvalue weighted by atomic mass is 10.3. The van der Waals surface area contributed by atoms with Gasteiger partial charge >= 0.3 is 0 Å². The van der Waals surface area contributed by atoms with Gasteiger partial charge in [0, 0.05) is 6.26 Å². The average molecular weight is 239 g/mol. The van der Waals surface area contributed by atoms with Gasteiger partial charge in [-0.2, -0.15) is 0 Å². The Balaban J connectivity index is 2.87. The molecule has 7 heteroatoms. The Morgan fingerprint density at radius 3 is 2.69 bits per heavy atom. The van der Waals surface area contributed by atoms with Crippen LogP contribution in [0.1, 0.15) is 5.82 Å². The molecule has 16 heavy (non-hydrogen) atoms. The van der Waals surface area contributed by atoms with E-state index in [1.807, 2.05) is 0 Å². The Bertz CT molecular complexity index is 718. The molecule has 2 aromatic heterocycles. The molecule has 2 rings (SSSR count). The van der Waals surface area contributed by atoms with Crippen LogP contribution in [-0.2, 0) is 9.84 Å². The summed E-state index contributed by atoms with van der Waals surface area (Å²) in [5, 5.41) is 0.0946. The largest absolute Gasteiger partial charge is 0.310 e. The van der Waals surface area contributed by atoms with Crippen LogP contribution in [-0.4, -0.2) is 29.6 Å². The summed E-state index contributed by atoms with van der Waals surface area (Å²) in [5.41, 5.74) is 0.0171. The average Bonchev–Trinajstić information content (AvgIpc) is 2.15. The van der Waals surface area contributed by atoms with Crippen molar-refractivity contribution in [3.63, 3.8) is 0 Å². The van der Waals surface area contributed by atoms with E-state index in [0.717, 1.165) is 6.26 Å². The Labute approximate surface area is 91.3 Å². The topological polar surface area (TPSA) is 92.8 Å². The fraction of sp³-hybridized carbons (Fsp3) is 0.222. The maximum Gasteiger partial charge on any atom is 0.258 e. The highest BCUT2D eigenvalue weighted by Gasteiger charge is 2.11. The van der Waals surface area contributed by atoms with Crippen molar-refractivity contribution in [1.29, 1.82) is 0 Å². The van der Waals surface area contributed by atoms with Crippen molar-refractivity contribution in [3.8, 4) is 0 Å². The van der Waals surface area contributed by atoms with Gasteiger partial charge in [0.2, 0.25) is 0 Å². The van der Waals surface area contributed by atoms with Gasteiger partial charge in [0.25, 0.3) is 5.56 Å². The number of rotatable bonds is 1. The summed E-state index contributed by atoms with van der Waals surface area (Å²) in [4.78, 5) is 21.9. The van der Waals surface area contributed by atoms with Crippen LogP contribution < -0.4 is 5.56 Å². The van der Waals surface area contributed by atoms with E-state index >= 15 is 0 Å². The molecule has 2 aromatic rings. The minimum absolute atomic E-state index is 0.129. The molecule has 2 heterocycles. The minimum Gasteiger partial charge on any atom is -0.310 e. The first-order chi connectivity index (χ1) is 7.38. The third-order valence-corrected chi connectivity index (χ3v) is 3.05.